The van der Waals surface area contributed by atoms with Crippen molar-refractivity contribution in [1.29, 1.82) is 0 Å². The van der Waals surface area contributed by atoms with Crippen LogP contribution in [0.3, 0.4) is 0 Å². The van der Waals surface area contributed by atoms with Crippen molar-refractivity contribution < 1.29 is 13.9 Å². The standard InChI is InChI=1S/C24H23FN2O2/c25-22-15-21(27-13-14-29-18-24(27)28)11-12-23(22)26(16-19-7-3-1-4-8-19)17-20-9-5-2-6-10-20/h1-12,15H,13-14,16-18H2. The number of benzene rings is 3. The van der Waals surface area contributed by atoms with Gasteiger partial charge >= 0.3 is 0 Å². The molecule has 0 unspecified atom stereocenters. The van der Waals surface area contributed by atoms with Gasteiger partial charge in [0.05, 0.1) is 12.3 Å². The summed E-state index contributed by atoms with van der Waals surface area (Å²) in [7, 11) is 0. The first-order chi connectivity index (χ1) is 14.2. The lowest BCUT2D eigenvalue weighted by molar-refractivity contribution is -0.125. The molecular formula is C24H23FN2O2. The molecule has 0 aliphatic carbocycles. The highest BCUT2D eigenvalue weighted by molar-refractivity contribution is 5.95. The zero-order chi connectivity index (χ0) is 20.1. The smallest absolute Gasteiger partial charge is 0.253 e. The largest absolute Gasteiger partial charge is 0.370 e. The van der Waals surface area contributed by atoms with Crippen LogP contribution in [-0.2, 0) is 22.6 Å². The summed E-state index contributed by atoms with van der Waals surface area (Å²) in [5.41, 5.74) is 3.30. The van der Waals surface area contributed by atoms with Crippen LogP contribution in [0.25, 0.3) is 0 Å². The van der Waals surface area contributed by atoms with Gasteiger partial charge in [-0.2, -0.15) is 0 Å². The van der Waals surface area contributed by atoms with Gasteiger partial charge < -0.3 is 14.5 Å². The highest BCUT2D eigenvalue weighted by atomic mass is 19.1. The van der Waals surface area contributed by atoms with E-state index in [4.69, 9.17) is 4.74 Å². The lowest BCUT2D eigenvalue weighted by Gasteiger charge is -2.29. The maximum absolute atomic E-state index is 15.2. The molecule has 1 heterocycles. The first-order valence-electron chi connectivity index (χ1n) is 9.71. The lowest BCUT2D eigenvalue weighted by atomic mass is 10.1. The summed E-state index contributed by atoms with van der Waals surface area (Å²) >= 11 is 0. The topological polar surface area (TPSA) is 32.8 Å². The van der Waals surface area contributed by atoms with Gasteiger partial charge in [0, 0.05) is 25.3 Å². The molecule has 1 aliphatic rings. The molecule has 4 rings (SSSR count). The van der Waals surface area contributed by atoms with Gasteiger partial charge in [0.2, 0.25) is 0 Å². The van der Waals surface area contributed by atoms with E-state index in [0.29, 0.717) is 37.6 Å². The molecule has 148 valence electrons. The maximum Gasteiger partial charge on any atom is 0.253 e. The van der Waals surface area contributed by atoms with E-state index in [1.54, 1.807) is 11.0 Å². The quantitative estimate of drug-likeness (QED) is 0.626. The molecule has 3 aromatic carbocycles. The number of anilines is 2. The normalized spacial score (nSPS) is 14.1. The third-order valence-corrected chi connectivity index (χ3v) is 5.00. The molecule has 0 atom stereocenters. The van der Waals surface area contributed by atoms with E-state index < -0.39 is 0 Å². The molecule has 0 bridgehead atoms. The van der Waals surface area contributed by atoms with E-state index in [0.717, 1.165) is 11.1 Å². The number of hydrogen-bond acceptors (Lipinski definition) is 3. The van der Waals surface area contributed by atoms with Crippen molar-refractivity contribution in [2.45, 2.75) is 13.1 Å². The fourth-order valence-electron chi connectivity index (χ4n) is 3.55. The molecule has 0 radical (unpaired) electrons. The van der Waals surface area contributed by atoms with Crippen molar-refractivity contribution >= 4 is 17.3 Å². The van der Waals surface area contributed by atoms with Gasteiger partial charge in [0.1, 0.15) is 12.4 Å². The SMILES string of the molecule is O=C1COCCN1c1ccc(N(Cc2ccccc2)Cc2ccccc2)c(F)c1. The first kappa shape index (κ1) is 19.2. The van der Waals surface area contributed by atoms with Crippen molar-refractivity contribution in [3.63, 3.8) is 0 Å². The summed E-state index contributed by atoms with van der Waals surface area (Å²) in [6, 6.07) is 25.1. The number of carbonyl (C=O) groups is 1. The molecule has 0 aromatic heterocycles. The summed E-state index contributed by atoms with van der Waals surface area (Å²) in [5, 5.41) is 0. The average molecular weight is 390 g/mol. The molecule has 3 aromatic rings. The monoisotopic (exact) mass is 390 g/mol. The summed E-state index contributed by atoms with van der Waals surface area (Å²) in [5.74, 6) is -0.484. The Hall–Kier alpha value is -3.18. The number of morpholine rings is 1. The fourth-order valence-corrected chi connectivity index (χ4v) is 3.55. The van der Waals surface area contributed by atoms with Crippen LogP contribution in [0, 0.1) is 5.82 Å². The summed E-state index contributed by atoms with van der Waals surface area (Å²) < 4.78 is 20.3. The fraction of sp³-hybridized carbons (Fsp3) is 0.208. The van der Waals surface area contributed by atoms with Crippen LogP contribution in [0.5, 0.6) is 0 Å². The molecule has 1 fully saturated rings. The molecule has 5 heteroatoms. The second kappa shape index (κ2) is 8.88. The van der Waals surface area contributed by atoms with Gasteiger partial charge in [-0.3, -0.25) is 4.79 Å². The Bertz CT molecular complexity index is 922. The van der Waals surface area contributed by atoms with Crippen LogP contribution >= 0.6 is 0 Å². The second-order valence-corrected chi connectivity index (χ2v) is 7.06. The number of ether oxygens (including phenoxy) is 1. The van der Waals surface area contributed by atoms with Crippen molar-refractivity contribution in [3.05, 3.63) is 95.8 Å². The Morgan fingerprint density at radius 3 is 2.07 bits per heavy atom. The second-order valence-electron chi connectivity index (χ2n) is 7.06. The van der Waals surface area contributed by atoms with Gasteiger partial charge in [0.25, 0.3) is 5.91 Å². The van der Waals surface area contributed by atoms with Crippen molar-refractivity contribution in [1.82, 2.24) is 0 Å². The van der Waals surface area contributed by atoms with E-state index >= 15 is 4.39 Å². The minimum Gasteiger partial charge on any atom is -0.370 e. The minimum atomic E-state index is -0.339. The zero-order valence-corrected chi connectivity index (χ0v) is 16.1. The average Bonchev–Trinajstić information content (AvgIpc) is 2.75. The van der Waals surface area contributed by atoms with Crippen LogP contribution < -0.4 is 9.80 Å². The van der Waals surface area contributed by atoms with Gasteiger partial charge in [-0.25, -0.2) is 4.39 Å². The number of hydrogen-bond donors (Lipinski definition) is 0. The molecule has 0 spiro atoms. The number of rotatable bonds is 6. The van der Waals surface area contributed by atoms with Crippen LogP contribution in [-0.4, -0.2) is 25.7 Å². The Kier molecular flexibility index (Phi) is 5.86. The van der Waals surface area contributed by atoms with Gasteiger partial charge in [-0.05, 0) is 29.3 Å². The molecule has 0 saturated carbocycles. The number of nitrogens with zero attached hydrogens (tertiary/aromatic N) is 2. The number of amides is 1. The third-order valence-electron chi connectivity index (χ3n) is 5.00. The highest BCUT2D eigenvalue weighted by Gasteiger charge is 2.22. The summed E-state index contributed by atoms with van der Waals surface area (Å²) in [6.07, 6.45) is 0. The van der Waals surface area contributed by atoms with E-state index in [-0.39, 0.29) is 18.3 Å². The lowest BCUT2D eigenvalue weighted by Crippen LogP contribution is -2.41. The maximum atomic E-state index is 15.2. The van der Waals surface area contributed by atoms with Crippen molar-refractivity contribution in [2.24, 2.45) is 0 Å². The molecule has 0 N–H and O–H groups in total. The Labute approximate surface area is 170 Å². The van der Waals surface area contributed by atoms with Crippen LogP contribution in [0.15, 0.2) is 78.9 Å². The van der Waals surface area contributed by atoms with Crippen LogP contribution in [0.2, 0.25) is 0 Å². The van der Waals surface area contributed by atoms with Crippen molar-refractivity contribution in [3.8, 4) is 0 Å². The molecule has 4 nitrogen and oxygen atoms in total. The summed E-state index contributed by atoms with van der Waals surface area (Å²) in [6.45, 7) is 2.11. The van der Waals surface area contributed by atoms with E-state index in [9.17, 15) is 4.79 Å². The Morgan fingerprint density at radius 2 is 1.52 bits per heavy atom. The molecule has 1 amide bonds. The predicted octanol–water partition coefficient (Wildman–Crippen LogP) is 4.40. The zero-order valence-electron chi connectivity index (χ0n) is 16.1. The number of carbonyl (C=O) groups excluding carboxylic acids is 1. The van der Waals surface area contributed by atoms with Crippen LogP contribution in [0.4, 0.5) is 15.8 Å². The molecule has 29 heavy (non-hydrogen) atoms. The summed E-state index contributed by atoms with van der Waals surface area (Å²) in [4.78, 5) is 15.7. The molecule has 1 saturated heterocycles. The van der Waals surface area contributed by atoms with Gasteiger partial charge in [0.15, 0.2) is 0 Å². The van der Waals surface area contributed by atoms with Crippen LogP contribution in [0.1, 0.15) is 11.1 Å². The van der Waals surface area contributed by atoms with Gasteiger partial charge in [-0.1, -0.05) is 60.7 Å². The van der Waals surface area contributed by atoms with E-state index in [2.05, 4.69) is 0 Å². The highest BCUT2D eigenvalue weighted by Crippen LogP contribution is 2.28. The van der Waals surface area contributed by atoms with Crippen molar-refractivity contribution in [2.75, 3.05) is 29.6 Å². The third kappa shape index (κ3) is 4.63. The predicted molar refractivity (Wildman–Crippen MR) is 112 cm³/mol. The Balaban J connectivity index is 1.63. The van der Waals surface area contributed by atoms with E-state index in [1.807, 2.05) is 71.6 Å². The minimum absolute atomic E-state index is 0.0392. The number of halogens is 1. The Morgan fingerprint density at radius 1 is 0.897 bits per heavy atom. The van der Waals surface area contributed by atoms with E-state index in [1.165, 1.54) is 6.07 Å². The van der Waals surface area contributed by atoms with Gasteiger partial charge in [-0.15, -0.1) is 0 Å². The first-order valence-corrected chi connectivity index (χ1v) is 9.71. The molecular weight excluding hydrogens is 367 g/mol. The molecule has 1 aliphatic heterocycles.